The minimum atomic E-state index is -5.62. The maximum Gasteiger partial charge on any atom is 0.516 e. The third-order valence-corrected chi connectivity index (χ3v) is 7.52. The molecule has 11 heteroatoms. The molecule has 3 N–H and O–H groups in total. The zero-order valence-electron chi connectivity index (χ0n) is 20.2. The van der Waals surface area contributed by atoms with E-state index in [-0.39, 0.29) is 17.1 Å². The first-order valence-electron chi connectivity index (χ1n) is 12.0. The Morgan fingerprint density at radius 2 is 1.68 bits per heavy atom. The number of likely N-dealkylation sites (tertiary alicyclic amines) is 1. The van der Waals surface area contributed by atoms with Gasteiger partial charge >= 0.3 is 15.5 Å². The van der Waals surface area contributed by atoms with E-state index in [0.29, 0.717) is 27.9 Å². The predicted octanol–water partition coefficient (Wildman–Crippen LogP) is 5.90. The summed E-state index contributed by atoms with van der Waals surface area (Å²) >= 11 is 0. The molecular weight excluding hydrogens is 517 g/mol. The Balaban J connectivity index is 1.57. The van der Waals surface area contributed by atoms with Gasteiger partial charge in [0.05, 0.1) is 17.0 Å². The van der Waals surface area contributed by atoms with Gasteiger partial charge < -0.3 is 10.1 Å². The second-order valence-electron chi connectivity index (χ2n) is 9.14. The highest BCUT2D eigenvalue weighted by Crippen LogP contribution is 2.34. The molecule has 0 aliphatic carbocycles. The van der Waals surface area contributed by atoms with Gasteiger partial charge in [-0.1, -0.05) is 42.5 Å². The normalized spacial score (nSPS) is 15.3. The van der Waals surface area contributed by atoms with E-state index in [4.69, 9.17) is 4.99 Å². The maximum absolute atomic E-state index is 12.9. The number of sulfonamides is 1. The lowest BCUT2D eigenvalue weighted by molar-refractivity contribution is -0.0429. The van der Waals surface area contributed by atoms with E-state index in [1.165, 1.54) is 31.0 Å². The number of aromatic nitrogens is 1. The van der Waals surface area contributed by atoms with E-state index in [1.807, 2.05) is 30.3 Å². The second-order valence-corrected chi connectivity index (χ2v) is 10.8. The van der Waals surface area contributed by atoms with Crippen LogP contribution in [0.5, 0.6) is 5.88 Å². The van der Waals surface area contributed by atoms with Gasteiger partial charge in [-0.05, 0) is 61.8 Å². The number of halogens is 3. The van der Waals surface area contributed by atoms with Gasteiger partial charge in [0.2, 0.25) is 0 Å². The lowest BCUT2D eigenvalue weighted by atomic mass is 10.0. The van der Waals surface area contributed by atoms with Gasteiger partial charge in [-0.3, -0.25) is 9.62 Å². The molecule has 7 nitrogen and oxygen atoms in total. The smallest absolute Gasteiger partial charge is 0.494 e. The molecule has 4 aromatic rings. The number of anilines is 1. The van der Waals surface area contributed by atoms with Crippen LogP contribution < -0.4 is 4.72 Å². The van der Waals surface area contributed by atoms with Crippen LogP contribution in [-0.2, 0) is 16.6 Å². The molecule has 1 saturated heterocycles. The van der Waals surface area contributed by atoms with E-state index < -0.39 is 15.5 Å². The molecule has 2 heterocycles. The monoisotopic (exact) mass is 542 g/mol. The average Bonchev–Trinajstić information content (AvgIpc) is 3.50. The number of aromatic amines is 1. The number of nitrogens with one attached hydrogen (secondary N) is 2. The fraction of sp³-hybridized carbons (Fsp3) is 0.222. The first-order chi connectivity index (χ1) is 18.1. The van der Waals surface area contributed by atoms with Crippen LogP contribution in [0, 0.1) is 0 Å². The average molecular weight is 543 g/mol. The molecule has 0 amide bonds. The summed E-state index contributed by atoms with van der Waals surface area (Å²) in [7, 11) is -5.62. The van der Waals surface area contributed by atoms with Crippen molar-refractivity contribution in [1.82, 2.24) is 9.88 Å². The number of fused-ring (bicyclic) bond motifs is 1. The Morgan fingerprint density at radius 1 is 1.00 bits per heavy atom. The fourth-order valence-corrected chi connectivity index (χ4v) is 5.11. The van der Waals surface area contributed by atoms with E-state index in [9.17, 15) is 26.7 Å². The third kappa shape index (κ3) is 5.39. The van der Waals surface area contributed by atoms with Gasteiger partial charge in [0.15, 0.2) is 5.88 Å². The molecule has 0 radical (unpaired) electrons. The topological polar surface area (TPSA) is 97.8 Å². The minimum Gasteiger partial charge on any atom is -0.494 e. The molecule has 1 fully saturated rings. The molecular formula is C27H25F3N4O3S. The number of benzene rings is 3. The van der Waals surface area contributed by atoms with E-state index in [2.05, 4.69) is 9.88 Å². The Labute approximate surface area is 217 Å². The van der Waals surface area contributed by atoms with E-state index in [1.54, 1.807) is 29.0 Å². The summed E-state index contributed by atoms with van der Waals surface area (Å²) in [5.41, 5.74) is -2.32. The van der Waals surface area contributed by atoms with Gasteiger partial charge in [0.1, 0.15) is 0 Å². The molecule has 0 bridgehead atoms. The quantitative estimate of drug-likeness (QED) is 0.253. The first kappa shape index (κ1) is 25.8. The van der Waals surface area contributed by atoms with Crippen molar-refractivity contribution in [2.24, 2.45) is 4.99 Å². The molecule has 5 rings (SSSR count). The molecule has 0 atom stereocenters. The molecule has 0 unspecified atom stereocenters. The zero-order valence-corrected chi connectivity index (χ0v) is 21.0. The number of H-pyrrole nitrogens is 1. The number of nitrogens with zero attached hydrogens (tertiary/aromatic N) is 2. The molecule has 198 valence electrons. The van der Waals surface area contributed by atoms with Gasteiger partial charge in [-0.25, -0.2) is 4.99 Å². The molecule has 0 saturated carbocycles. The summed E-state index contributed by atoms with van der Waals surface area (Å²) in [5.74, 6) is -0.246. The third-order valence-electron chi connectivity index (χ3n) is 6.40. The van der Waals surface area contributed by atoms with Gasteiger partial charge in [-0.15, -0.1) is 0 Å². The first-order valence-corrected chi connectivity index (χ1v) is 13.5. The zero-order chi connectivity index (χ0) is 26.9. The Kier molecular flexibility index (Phi) is 6.89. The molecule has 1 aromatic heterocycles. The number of hydrogen-bond donors (Lipinski definition) is 3. The van der Waals surface area contributed by atoms with Crippen molar-refractivity contribution >= 4 is 38.0 Å². The van der Waals surface area contributed by atoms with Crippen LogP contribution in [0.25, 0.3) is 10.9 Å². The number of hydrogen-bond acceptors (Lipinski definition) is 5. The summed E-state index contributed by atoms with van der Waals surface area (Å²) in [6.07, 6.45) is 2.41. The van der Waals surface area contributed by atoms with E-state index >= 15 is 0 Å². The van der Waals surface area contributed by atoms with Gasteiger partial charge in [0, 0.05) is 28.7 Å². The van der Waals surface area contributed by atoms with Crippen LogP contribution in [0.15, 0.2) is 77.8 Å². The van der Waals surface area contributed by atoms with Crippen LogP contribution in [-0.4, -0.2) is 47.7 Å². The molecule has 0 spiro atoms. The molecule has 1 aliphatic heterocycles. The molecule has 38 heavy (non-hydrogen) atoms. The Morgan fingerprint density at radius 3 is 2.34 bits per heavy atom. The van der Waals surface area contributed by atoms with Crippen molar-refractivity contribution in [3.05, 3.63) is 89.5 Å². The highest BCUT2D eigenvalue weighted by molar-refractivity contribution is 7.93. The lowest BCUT2D eigenvalue weighted by Gasteiger charge is -2.14. The number of aliphatic imine (C=N–C) groups is 1. The van der Waals surface area contributed by atoms with Crippen LogP contribution in [0.1, 0.15) is 29.5 Å². The number of alkyl halides is 3. The van der Waals surface area contributed by atoms with Crippen molar-refractivity contribution in [3.8, 4) is 5.88 Å². The summed E-state index contributed by atoms with van der Waals surface area (Å²) in [6.45, 7) is 3.02. The molecule has 3 aromatic carbocycles. The van der Waals surface area contributed by atoms with Crippen LogP contribution in [0.4, 0.5) is 24.5 Å². The minimum absolute atomic E-state index is 0.236. The standard InChI is InChI=1S/C27H25F3N4O3S/c28-27(29,30)38(36,37)33-21-12-13-23-22(16-21)24(26(35)32-23)25(19-6-2-1-3-7-19)31-20-10-8-18(9-11-20)17-34-14-4-5-15-34/h1-3,6-13,16,32-33,35H,4-5,14-15,17H2. The fourth-order valence-electron chi connectivity index (χ4n) is 4.56. The number of rotatable bonds is 7. The summed E-state index contributed by atoms with van der Waals surface area (Å²) in [4.78, 5) is 10.00. The molecule has 1 aliphatic rings. The SMILES string of the molecule is O=S(=O)(Nc1ccc2[nH]c(O)c(C(=Nc3ccc(CN4CCCC4)cc3)c3ccccc3)c2c1)C(F)(F)F. The van der Waals surface area contributed by atoms with Crippen molar-refractivity contribution in [2.75, 3.05) is 17.8 Å². The van der Waals surface area contributed by atoms with Crippen LogP contribution >= 0.6 is 0 Å². The van der Waals surface area contributed by atoms with Crippen LogP contribution in [0.3, 0.4) is 0 Å². The van der Waals surface area contributed by atoms with Crippen molar-refractivity contribution in [1.29, 1.82) is 0 Å². The van der Waals surface area contributed by atoms with Crippen molar-refractivity contribution < 1.29 is 26.7 Å². The highest BCUT2D eigenvalue weighted by atomic mass is 32.2. The van der Waals surface area contributed by atoms with Crippen molar-refractivity contribution in [3.63, 3.8) is 0 Å². The lowest BCUT2D eigenvalue weighted by Crippen LogP contribution is -2.29. The van der Waals surface area contributed by atoms with Crippen LogP contribution in [0.2, 0.25) is 0 Å². The Bertz CT molecular complexity index is 1580. The summed E-state index contributed by atoms with van der Waals surface area (Å²) in [5, 5.41) is 11.1. The Hall–Kier alpha value is -3.83. The predicted molar refractivity (Wildman–Crippen MR) is 141 cm³/mol. The second kappa shape index (κ2) is 10.1. The number of aromatic hydroxyl groups is 1. The largest absolute Gasteiger partial charge is 0.516 e. The summed E-state index contributed by atoms with van der Waals surface area (Å²) in [6, 6.07) is 20.6. The highest BCUT2D eigenvalue weighted by Gasteiger charge is 2.46. The van der Waals surface area contributed by atoms with Gasteiger partial charge in [-0.2, -0.15) is 21.6 Å². The summed E-state index contributed by atoms with van der Waals surface area (Å²) < 4.78 is 63.7. The van der Waals surface area contributed by atoms with Crippen molar-refractivity contribution in [2.45, 2.75) is 24.9 Å². The maximum atomic E-state index is 12.9. The van der Waals surface area contributed by atoms with E-state index in [0.717, 1.165) is 25.2 Å². The van der Waals surface area contributed by atoms with Gasteiger partial charge in [0.25, 0.3) is 0 Å².